The van der Waals surface area contributed by atoms with E-state index in [-0.39, 0.29) is 5.63 Å². The molecule has 0 aliphatic carbocycles. The molecular formula is C22H23ClN2O2. The van der Waals surface area contributed by atoms with Crippen molar-refractivity contribution in [3.63, 3.8) is 0 Å². The average Bonchev–Trinajstić information content (AvgIpc) is 2.61. The number of fused-ring (bicyclic) bond motifs is 1. The lowest BCUT2D eigenvalue weighted by molar-refractivity contribution is 0.250. The molecule has 27 heavy (non-hydrogen) atoms. The van der Waals surface area contributed by atoms with Gasteiger partial charge < -0.3 is 9.32 Å². The van der Waals surface area contributed by atoms with Gasteiger partial charge in [0.1, 0.15) is 5.58 Å². The van der Waals surface area contributed by atoms with Gasteiger partial charge in [-0.3, -0.25) is 4.90 Å². The number of piperazine rings is 1. The van der Waals surface area contributed by atoms with Gasteiger partial charge in [0.15, 0.2) is 0 Å². The fourth-order valence-electron chi connectivity index (χ4n) is 3.98. The molecule has 0 amide bonds. The molecule has 1 aliphatic rings. The van der Waals surface area contributed by atoms with Crippen molar-refractivity contribution in [1.29, 1.82) is 0 Å². The van der Waals surface area contributed by atoms with Crippen molar-refractivity contribution < 1.29 is 4.42 Å². The van der Waals surface area contributed by atoms with Gasteiger partial charge in [-0.15, -0.1) is 0 Å². The number of anilines is 1. The minimum Gasteiger partial charge on any atom is -0.423 e. The fourth-order valence-corrected chi connectivity index (χ4v) is 4.16. The van der Waals surface area contributed by atoms with Crippen LogP contribution in [0.1, 0.15) is 16.7 Å². The minimum atomic E-state index is -0.278. The number of aryl methyl sites for hydroxylation is 2. The maximum absolute atomic E-state index is 12.0. The van der Waals surface area contributed by atoms with E-state index >= 15 is 0 Å². The van der Waals surface area contributed by atoms with Crippen LogP contribution in [0.25, 0.3) is 11.0 Å². The SMILES string of the molecule is Cc1cc(C)c2c(CN3CCN(c4cccc(Cl)c4)CC3)cc(=O)oc2c1. The van der Waals surface area contributed by atoms with Gasteiger partial charge in [-0.1, -0.05) is 23.7 Å². The highest BCUT2D eigenvalue weighted by atomic mass is 35.5. The molecule has 140 valence electrons. The molecule has 2 aromatic carbocycles. The van der Waals surface area contributed by atoms with E-state index in [1.165, 1.54) is 5.69 Å². The Kier molecular flexibility index (Phi) is 4.94. The van der Waals surface area contributed by atoms with Crippen LogP contribution in [0.15, 0.2) is 51.7 Å². The molecule has 0 bridgehead atoms. The van der Waals surface area contributed by atoms with Crippen molar-refractivity contribution >= 4 is 28.3 Å². The average molecular weight is 383 g/mol. The maximum atomic E-state index is 12.0. The summed E-state index contributed by atoms with van der Waals surface area (Å²) in [6.07, 6.45) is 0. The summed E-state index contributed by atoms with van der Waals surface area (Å²) in [7, 11) is 0. The lowest BCUT2D eigenvalue weighted by Gasteiger charge is -2.36. The summed E-state index contributed by atoms with van der Waals surface area (Å²) in [5.74, 6) is 0. The van der Waals surface area contributed by atoms with Crippen molar-refractivity contribution in [2.45, 2.75) is 20.4 Å². The van der Waals surface area contributed by atoms with Gasteiger partial charge in [0.2, 0.25) is 0 Å². The topological polar surface area (TPSA) is 36.7 Å². The van der Waals surface area contributed by atoms with Crippen molar-refractivity contribution in [1.82, 2.24) is 4.90 Å². The molecule has 0 saturated carbocycles. The summed E-state index contributed by atoms with van der Waals surface area (Å²) in [6.45, 7) is 8.63. The molecule has 0 radical (unpaired) electrons. The van der Waals surface area contributed by atoms with Crippen molar-refractivity contribution in [2.75, 3.05) is 31.1 Å². The van der Waals surface area contributed by atoms with Crippen molar-refractivity contribution in [2.24, 2.45) is 0 Å². The van der Waals surface area contributed by atoms with E-state index in [0.29, 0.717) is 5.58 Å². The molecule has 4 nitrogen and oxygen atoms in total. The molecule has 2 heterocycles. The molecule has 3 aromatic rings. The summed E-state index contributed by atoms with van der Waals surface area (Å²) < 4.78 is 5.44. The number of benzene rings is 2. The zero-order chi connectivity index (χ0) is 19.0. The summed E-state index contributed by atoms with van der Waals surface area (Å²) in [4.78, 5) is 16.8. The Morgan fingerprint density at radius 3 is 2.56 bits per heavy atom. The Labute approximate surface area is 164 Å². The van der Waals surface area contributed by atoms with Gasteiger partial charge in [0, 0.05) is 54.9 Å². The quantitative estimate of drug-likeness (QED) is 0.630. The van der Waals surface area contributed by atoms with E-state index in [1.807, 2.05) is 31.2 Å². The van der Waals surface area contributed by atoms with Gasteiger partial charge in [-0.25, -0.2) is 4.79 Å². The van der Waals surface area contributed by atoms with Crippen LogP contribution < -0.4 is 10.5 Å². The van der Waals surface area contributed by atoms with E-state index in [4.69, 9.17) is 16.0 Å². The fraction of sp³-hybridized carbons (Fsp3) is 0.318. The number of rotatable bonds is 3. The molecule has 0 unspecified atom stereocenters. The molecule has 1 saturated heterocycles. The van der Waals surface area contributed by atoms with Gasteiger partial charge in [0.25, 0.3) is 0 Å². The van der Waals surface area contributed by atoms with E-state index in [9.17, 15) is 4.79 Å². The first-order valence-electron chi connectivity index (χ1n) is 9.26. The summed E-state index contributed by atoms with van der Waals surface area (Å²) in [5.41, 5.74) is 4.89. The third-order valence-corrected chi connectivity index (χ3v) is 5.44. The van der Waals surface area contributed by atoms with Crippen LogP contribution in [0.3, 0.4) is 0 Å². The molecule has 1 aliphatic heterocycles. The van der Waals surface area contributed by atoms with E-state index in [2.05, 4.69) is 28.9 Å². The largest absolute Gasteiger partial charge is 0.423 e. The monoisotopic (exact) mass is 382 g/mol. The molecule has 1 fully saturated rings. The standard InChI is InChI=1S/C22H23ClN2O2/c1-15-10-16(2)22-17(12-21(26)27-20(22)11-15)14-24-6-8-25(9-7-24)19-5-3-4-18(23)13-19/h3-5,10-13H,6-9,14H2,1-2H3. The van der Waals surface area contributed by atoms with Gasteiger partial charge in [-0.05, 0) is 54.8 Å². The van der Waals surface area contributed by atoms with E-state index in [0.717, 1.165) is 59.8 Å². The number of nitrogens with zero attached hydrogens (tertiary/aromatic N) is 2. The Morgan fingerprint density at radius 1 is 1.04 bits per heavy atom. The zero-order valence-electron chi connectivity index (χ0n) is 15.7. The van der Waals surface area contributed by atoms with Gasteiger partial charge in [-0.2, -0.15) is 0 Å². The first-order valence-corrected chi connectivity index (χ1v) is 9.64. The number of hydrogen-bond acceptors (Lipinski definition) is 4. The van der Waals surface area contributed by atoms with Gasteiger partial charge in [0.05, 0.1) is 0 Å². The van der Waals surface area contributed by atoms with Crippen LogP contribution in [0.2, 0.25) is 5.02 Å². The normalized spacial score (nSPS) is 15.4. The molecule has 0 N–H and O–H groups in total. The lowest BCUT2D eigenvalue weighted by Crippen LogP contribution is -2.46. The minimum absolute atomic E-state index is 0.278. The summed E-state index contributed by atoms with van der Waals surface area (Å²) in [6, 6.07) is 13.7. The molecule has 0 spiro atoms. The highest BCUT2D eigenvalue weighted by Crippen LogP contribution is 2.25. The van der Waals surface area contributed by atoms with Gasteiger partial charge >= 0.3 is 5.63 Å². The molecule has 5 heteroatoms. The lowest BCUT2D eigenvalue weighted by atomic mass is 10.0. The molecule has 4 rings (SSSR count). The molecule has 0 atom stereocenters. The second-order valence-corrected chi connectivity index (χ2v) is 7.73. The van der Waals surface area contributed by atoms with Crippen molar-refractivity contribution in [3.8, 4) is 0 Å². The Balaban J connectivity index is 1.53. The van der Waals surface area contributed by atoms with Crippen molar-refractivity contribution in [3.05, 3.63) is 74.6 Å². The maximum Gasteiger partial charge on any atom is 0.336 e. The smallest absolute Gasteiger partial charge is 0.336 e. The second-order valence-electron chi connectivity index (χ2n) is 7.29. The second kappa shape index (κ2) is 7.37. The third kappa shape index (κ3) is 3.87. The Morgan fingerprint density at radius 2 is 1.81 bits per heavy atom. The zero-order valence-corrected chi connectivity index (χ0v) is 16.4. The highest BCUT2D eigenvalue weighted by Gasteiger charge is 2.19. The first-order chi connectivity index (χ1) is 13.0. The van der Waals surface area contributed by atoms with Crippen LogP contribution in [-0.2, 0) is 6.54 Å². The molecular weight excluding hydrogens is 360 g/mol. The summed E-state index contributed by atoms with van der Waals surface area (Å²) >= 11 is 6.12. The Bertz CT molecular complexity index is 1040. The predicted octanol–water partition coefficient (Wildman–Crippen LogP) is 4.39. The number of halogens is 1. The number of hydrogen-bond donors (Lipinski definition) is 0. The summed E-state index contributed by atoms with van der Waals surface area (Å²) in [5, 5.41) is 1.83. The van der Waals surface area contributed by atoms with Crippen LogP contribution in [0, 0.1) is 13.8 Å². The first kappa shape index (κ1) is 18.1. The Hall–Kier alpha value is -2.30. The predicted molar refractivity (Wildman–Crippen MR) is 111 cm³/mol. The molecule has 1 aromatic heterocycles. The van der Waals surface area contributed by atoms with E-state index < -0.39 is 0 Å². The van der Waals surface area contributed by atoms with Crippen LogP contribution in [-0.4, -0.2) is 31.1 Å². The van der Waals surface area contributed by atoms with Crippen LogP contribution >= 0.6 is 11.6 Å². The highest BCUT2D eigenvalue weighted by molar-refractivity contribution is 6.30. The van der Waals surface area contributed by atoms with E-state index in [1.54, 1.807) is 6.07 Å². The third-order valence-electron chi connectivity index (χ3n) is 5.21. The van der Waals surface area contributed by atoms with Crippen LogP contribution in [0.5, 0.6) is 0 Å². The van der Waals surface area contributed by atoms with Crippen LogP contribution in [0.4, 0.5) is 5.69 Å².